The average molecular weight is 409 g/mol. The summed E-state index contributed by atoms with van der Waals surface area (Å²) in [5, 5.41) is 20.6. The van der Waals surface area contributed by atoms with Crippen LogP contribution >= 0.6 is 0 Å². The van der Waals surface area contributed by atoms with E-state index in [4.69, 9.17) is 4.98 Å². The van der Waals surface area contributed by atoms with Crippen LogP contribution in [0.3, 0.4) is 0 Å². The molecule has 1 unspecified atom stereocenters. The average Bonchev–Trinajstić information content (AvgIpc) is 3.13. The van der Waals surface area contributed by atoms with Gasteiger partial charge >= 0.3 is 0 Å². The minimum atomic E-state index is -0.157. The maximum Gasteiger partial charge on any atom is 0.269 e. The molecular weight excluding hydrogens is 386 g/mol. The third-order valence-electron chi connectivity index (χ3n) is 5.24. The summed E-state index contributed by atoms with van der Waals surface area (Å²) in [7, 11) is 0. The van der Waals surface area contributed by atoms with Gasteiger partial charge < -0.3 is 20.9 Å². The number of amides is 2. The molecule has 3 aromatic rings. The van der Waals surface area contributed by atoms with Crippen LogP contribution in [0.5, 0.6) is 0 Å². The third kappa shape index (κ3) is 3.78. The predicted molar refractivity (Wildman–Crippen MR) is 110 cm³/mol. The molecule has 0 radical (unpaired) electrons. The molecule has 0 spiro atoms. The first-order valence-corrected chi connectivity index (χ1v) is 10.1. The van der Waals surface area contributed by atoms with Crippen LogP contribution in [0.1, 0.15) is 36.7 Å². The van der Waals surface area contributed by atoms with Crippen LogP contribution in [0.25, 0.3) is 5.52 Å². The van der Waals surface area contributed by atoms with Gasteiger partial charge in [0.2, 0.25) is 11.9 Å². The molecule has 156 valence electrons. The third-order valence-corrected chi connectivity index (χ3v) is 5.24. The van der Waals surface area contributed by atoms with Crippen LogP contribution in [0.15, 0.2) is 24.4 Å². The first kappa shape index (κ1) is 18.4. The lowest BCUT2D eigenvalue weighted by molar-refractivity contribution is -0.119. The monoisotopic (exact) mass is 409 g/mol. The molecule has 5 rings (SSSR count). The quantitative estimate of drug-likeness (QED) is 0.473. The second kappa shape index (κ2) is 7.32. The lowest BCUT2D eigenvalue weighted by Gasteiger charge is -2.18. The Labute approximate surface area is 172 Å². The van der Waals surface area contributed by atoms with Gasteiger partial charge in [0.05, 0.1) is 0 Å². The summed E-state index contributed by atoms with van der Waals surface area (Å²) in [6, 6.07) is 5.83. The van der Waals surface area contributed by atoms with Crippen molar-refractivity contribution >= 4 is 34.9 Å². The number of aromatic amines is 1. The molecule has 2 amide bonds. The molecule has 11 nitrogen and oxygen atoms in total. The summed E-state index contributed by atoms with van der Waals surface area (Å²) >= 11 is 0. The number of carbonyl (C=O) groups is 2. The highest BCUT2D eigenvalue weighted by atomic mass is 16.2. The van der Waals surface area contributed by atoms with Crippen LogP contribution < -0.4 is 20.9 Å². The Balaban J connectivity index is 1.36. The van der Waals surface area contributed by atoms with Crippen molar-refractivity contribution in [3.63, 3.8) is 0 Å². The Morgan fingerprint density at radius 3 is 2.87 bits per heavy atom. The van der Waals surface area contributed by atoms with Crippen molar-refractivity contribution in [2.45, 2.75) is 38.3 Å². The van der Waals surface area contributed by atoms with Gasteiger partial charge in [-0.05, 0) is 31.4 Å². The maximum atomic E-state index is 12.2. The van der Waals surface area contributed by atoms with Crippen molar-refractivity contribution < 1.29 is 9.59 Å². The number of fused-ring (bicyclic) bond motifs is 1. The zero-order valence-corrected chi connectivity index (χ0v) is 16.6. The number of aromatic nitrogens is 5. The standard InChI is InChI=1S/C19H23N9O2/c1-11(29)20-13-6-8-27(10-13)19-23-17(15-3-2-7-28(15)26-19)22-16-9-14(24-25-16)18(30)21-12-4-5-12/h2-3,7,9,12-13H,4-6,8,10H2,1H3,(H,20,29)(H,21,30)(H2,22,23,24,25,26). The van der Waals surface area contributed by atoms with E-state index >= 15 is 0 Å². The summed E-state index contributed by atoms with van der Waals surface area (Å²) in [6.45, 7) is 2.93. The molecule has 2 aliphatic rings. The molecular formula is C19H23N9O2. The van der Waals surface area contributed by atoms with Crippen molar-refractivity contribution in [3.8, 4) is 0 Å². The fraction of sp³-hybridized carbons (Fsp3) is 0.421. The van der Waals surface area contributed by atoms with E-state index in [0.717, 1.165) is 31.3 Å². The van der Waals surface area contributed by atoms with Gasteiger partial charge in [0.25, 0.3) is 5.91 Å². The van der Waals surface area contributed by atoms with E-state index in [9.17, 15) is 9.59 Å². The number of hydrogen-bond acceptors (Lipinski definition) is 7. The van der Waals surface area contributed by atoms with E-state index in [1.807, 2.05) is 23.2 Å². The molecule has 11 heteroatoms. The summed E-state index contributed by atoms with van der Waals surface area (Å²) in [6.07, 6.45) is 4.75. The summed E-state index contributed by atoms with van der Waals surface area (Å²) < 4.78 is 1.75. The summed E-state index contributed by atoms with van der Waals surface area (Å²) in [5.74, 6) is 1.47. The second-order valence-corrected chi connectivity index (χ2v) is 7.77. The van der Waals surface area contributed by atoms with Gasteiger partial charge in [-0.15, -0.1) is 5.10 Å². The van der Waals surface area contributed by atoms with Crippen LogP contribution in [-0.2, 0) is 4.79 Å². The Bertz CT molecular complexity index is 1100. The fourth-order valence-electron chi connectivity index (χ4n) is 3.61. The predicted octanol–water partition coefficient (Wildman–Crippen LogP) is 0.803. The largest absolute Gasteiger partial charge is 0.352 e. The van der Waals surface area contributed by atoms with E-state index in [1.54, 1.807) is 10.6 Å². The van der Waals surface area contributed by atoms with Gasteiger partial charge in [0.15, 0.2) is 11.6 Å². The SMILES string of the molecule is CC(=O)NC1CCN(c2nc(Nc3cc(C(=O)NC4CC4)[nH]n3)c3cccn3n2)C1. The van der Waals surface area contributed by atoms with Gasteiger partial charge in [0.1, 0.15) is 11.2 Å². The van der Waals surface area contributed by atoms with E-state index in [2.05, 4.69) is 31.2 Å². The number of hydrogen-bond donors (Lipinski definition) is 4. The maximum absolute atomic E-state index is 12.2. The van der Waals surface area contributed by atoms with E-state index in [1.165, 1.54) is 6.92 Å². The number of H-pyrrole nitrogens is 1. The topological polar surface area (TPSA) is 132 Å². The Morgan fingerprint density at radius 2 is 2.07 bits per heavy atom. The molecule has 1 aliphatic heterocycles. The first-order valence-electron chi connectivity index (χ1n) is 10.1. The van der Waals surface area contributed by atoms with E-state index < -0.39 is 0 Å². The van der Waals surface area contributed by atoms with Crippen molar-refractivity contribution in [2.24, 2.45) is 0 Å². The molecule has 3 aromatic heterocycles. The van der Waals surface area contributed by atoms with Gasteiger partial charge in [-0.3, -0.25) is 14.7 Å². The molecule has 0 aromatic carbocycles. The number of nitrogens with one attached hydrogen (secondary N) is 4. The minimum absolute atomic E-state index is 0.0361. The van der Waals surface area contributed by atoms with Crippen molar-refractivity contribution in [1.29, 1.82) is 0 Å². The lowest BCUT2D eigenvalue weighted by atomic mass is 10.3. The van der Waals surface area contributed by atoms with Gasteiger partial charge in [0, 0.05) is 44.4 Å². The van der Waals surface area contributed by atoms with Crippen LogP contribution in [-0.4, -0.2) is 61.8 Å². The zero-order chi connectivity index (χ0) is 20.7. The molecule has 30 heavy (non-hydrogen) atoms. The number of rotatable bonds is 6. The lowest BCUT2D eigenvalue weighted by Crippen LogP contribution is -2.36. The molecule has 2 fully saturated rings. The van der Waals surface area contributed by atoms with Crippen molar-refractivity contribution in [2.75, 3.05) is 23.3 Å². The Hall–Kier alpha value is -3.63. The van der Waals surface area contributed by atoms with E-state index in [0.29, 0.717) is 29.8 Å². The van der Waals surface area contributed by atoms with Crippen LogP contribution in [0.4, 0.5) is 17.6 Å². The van der Waals surface area contributed by atoms with Crippen molar-refractivity contribution in [1.82, 2.24) is 35.4 Å². The highest BCUT2D eigenvalue weighted by Gasteiger charge is 2.27. The molecule has 4 N–H and O–H groups in total. The van der Waals surface area contributed by atoms with Gasteiger partial charge in [-0.25, -0.2) is 4.52 Å². The fourth-order valence-corrected chi connectivity index (χ4v) is 3.61. The number of carbonyl (C=O) groups excluding carboxylic acids is 2. The van der Waals surface area contributed by atoms with Crippen molar-refractivity contribution in [3.05, 3.63) is 30.1 Å². The highest BCUT2D eigenvalue weighted by molar-refractivity contribution is 5.93. The van der Waals surface area contributed by atoms with Crippen LogP contribution in [0.2, 0.25) is 0 Å². The summed E-state index contributed by atoms with van der Waals surface area (Å²) in [5.41, 5.74) is 1.20. The zero-order valence-electron chi connectivity index (χ0n) is 16.6. The normalized spacial score (nSPS) is 18.6. The van der Waals surface area contributed by atoms with Gasteiger partial charge in [-0.2, -0.15) is 10.1 Å². The molecule has 4 heterocycles. The number of nitrogens with zero attached hydrogens (tertiary/aromatic N) is 5. The highest BCUT2D eigenvalue weighted by Crippen LogP contribution is 2.24. The molecule has 0 bridgehead atoms. The summed E-state index contributed by atoms with van der Waals surface area (Å²) in [4.78, 5) is 30.3. The number of anilines is 3. The molecule has 1 saturated carbocycles. The Morgan fingerprint density at radius 1 is 1.20 bits per heavy atom. The minimum Gasteiger partial charge on any atom is -0.352 e. The smallest absolute Gasteiger partial charge is 0.269 e. The molecule has 1 saturated heterocycles. The second-order valence-electron chi connectivity index (χ2n) is 7.77. The molecule has 1 aliphatic carbocycles. The van der Waals surface area contributed by atoms with Crippen LogP contribution in [0, 0.1) is 0 Å². The van der Waals surface area contributed by atoms with E-state index in [-0.39, 0.29) is 23.9 Å². The Kier molecular flexibility index (Phi) is 4.49. The van der Waals surface area contributed by atoms with Gasteiger partial charge in [-0.1, -0.05) is 0 Å². The molecule has 1 atom stereocenters. The first-order chi connectivity index (χ1) is 14.5.